The molecule has 0 aromatic rings. The van der Waals surface area contributed by atoms with Gasteiger partial charge in [-0.05, 0) is 0 Å². The van der Waals surface area contributed by atoms with E-state index >= 15 is 0 Å². The van der Waals surface area contributed by atoms with Gasteiger partial charge in [-0.1, -0.05) is 0 Å². The van der Waals surface area contributed by atoms with Gasteiger partial charge in [0.1, 0.15) is 0 Å². The van der Waals surface area contributed by atoms with Crippen LogP contribution in [0.5, 0.6) is 0 Å². The molecule has 0 amide bonds. The van der Waals surface area contributed by atoms with Crippen molar-refractivity contribution < 1.29 is 16.9 Å². The summed E-state index contributed by atoms with van der Waals surface area (Å²) in [6, 6.07) is 0. The van der Waals surface area contributed by atoms with E-state index in [4.69, 9.17) is 0 Å². The molecular weight excluding hydrogens is 270 g/mol. The van der Waals surface area contributed by atoms with Gasteiger partial charge in [0.05, 0.1) is 0 Å². The number of allylic oxidation sites excluding steroid dienone is 4. The second-order valence-electron chi connectivity index (χ2n) is 7.03. The standard InChI is InChI=1S/C9H13.C4H10N.C2H6Si.Ti/c1-6-5-7(2)9(4)8(6)3;1-4(2,3)5;1-3-2;/h5H,1-4H3;5H,1-3H3;1-2H3;/q;-1;;+1. The first kappa shape index (κ1) is 16.4. The number of nitrogens with one attached hydrogen (secondary N) is 1. The van der Waals surface area contributed by atoms with E-state index in [0.717, 1.165) is 0 Å². The third-order valence-corrected chi connectivity index (χ3v) is 16.3. The molecule has 0 aromatic carbocycles. The molecule has 0 saturated carbocycles. The molecule has 102 valence electrons. The molecule has 3 heteroatoms. The van der Waals surface area contributed by atoms with E-state index in [2.05, 4.69) is 71.4 Å². The molecule has 18 heavy (non-hydrogen) atoms. The van der Waals surface area contributed by atoms with Crippen molar-refractivity contribution in [3.63, 3.8) is 0 Å². The summed E-state index contributed by atoms with van der Waals surface area (Å²) in [5.74, 6) is 0. The first-order chi connectivity index (χ1) is 7.99. The SMILES string of the molecule is CC1=C[C](C)([Ti]([NH]C(C)(C)C)=[Si](C)C)C(C)=C1C. The Kier molecular flexibility index (Phi) is 4.92. The molecule has 0 radical (unpaired) electrons. The van der Waals surface area contributed by atoms with E-state index in [1.54, 1.807) is 5.57 Å². The Morgan fingerprint density at radius 2 is 1.67 bits per heavy atom. The summed E-state index contributed by atoms with van der Waals surface area (Å²) in [5, 5.41) is 0. The average molecular weight is 299 g/mol. The summed E-state index contributed by atoms with van der Waals surface area (Å²) >= 11 is -1.34. The molecule has 0 spiro atoms. The summed E-state index contributed by atoms with van der Waals surface area (Å²) in [7, 11) is 0. The third-order valence-electron chi connectivity index (χ3n) is 3.96. The van der Waals surface area contributed by atoms with Crippen molar-refractivity contribution in [3.05, 3.63) is 22.8 Å². The van der Waals surface area contributed by atoms with Crippen molar-refractivity contribution in [3.8, 4) is 0 Å². The molecule has 1 rings (SSSR count). The maximum absolute atomic E-state index is 4.04. The Hall–Kier alpha value is 0.371. The minimum absolute atomic E-state index is 0.249. The van der Waals surface area contributed by atoms with Gasteiger partial charge in [-0.25, -0.2) is 0 Å². The summed E-state index contributed by atoms with van der Waals surface area (Å²) in [6.45, 7) is 21.3. The van der Waals surface area contributed by atoms with Crippen LogP contribution in [0.3, 0.4) is 0 Å². The van der Waals surface area contributed by atoms with Gasteiger partial charge >= 0.3 is 120 Å². The first-order valence-corrected chi connectivity index (χ1v) is 13.2. The van der Waals surface area contributed by atoms with Crippen molar-refractivity contribution in [2.75, 3.05) is 0 Å². The Morgan fingerprint density at radius 3 is 1.94 bits per heavy atom. The Morgan fingerprint density at radius 1 is 1.17 bits per heavy atom. The quantitative estimate of drug-likeness (QED) is 0.733. The van der Waals surface area contributed by atoms with Gasteiger partial charge in [0.15, 0.2) is 0 Å². The monoisotopic (exact) mass is 299 g/mol. The van der Waals surface area contributed by atoms with Crippen LogP contribution in [0.25, 0.3) is 0 Å². The molecule has 1 aliphatic carbocycles. The van der Waals surface area contributed by atoms with Crippen molar-refractivity contribution >= 4 is 6.19 Å². The zero-order valence-corrected chi connectivity index (χ0v) is 16.1. The van der Waals surface area contributed by atoms with Crippen LogP contribution in [0.2, 0.25) is 16.8 Å². The summed E-state index contributed by atoms with van der Waals surface area (Å²) in [5.41, 5.74) is 4.90. The van der Waals surface area contributed by atoms with Crippen LogP contribution >= 0.6 is 0 Å². The minimum atomic E-state index is -1.34. The van der Waals surface area contributed by atoms with Crippen molar-refractivity contribution in [2.24, 2.45) is 0 Å². The second-order valence-corrected chi connectivity index (χ2v) is 19.0. The fourth-order valence-electron chi connectivity index (χ4n) is 2.74. The van der Waals surface area contributed by atoms with Crippen LogP contribution in [0, 0.1) is 0 Å². The molecule has 0 bridgehead atoms. The van der Waals surface area contributed by atoms with E-state index in [0.29, 0.717) is 3.72 Å². The van der Waals surface area contributed by atoms with Crippen molar-refractivity contribution in [1.29, 1.82) is 0 Å². The van der Waals surface area contributed by atoms with Crippen LogP contribution in [0.15, 0.2) is 22.8 Å². The topological polar surface area (TPSA) is 12.0 Å². The predicted octanol–water partition coefficient (Wildman–Crippen LogP) is 4.63. The maximum atomic E-state index is 4.04. The van der Waals surface area contributed by atoms with Gasteiger partial charge < -0.3 is 0 Å². The molecular formula is C15H29NSiTi. The molecule has 0 fully saturated rings. The molecule has 1 atom stereocenters. The Balaban J connectivity index is 3.31. The first-order valence-electron chi connectivity index (χ1n) is 6.83. The van der Waals surface area contributed by atoms with Gasteiger partial charge in [-0.3, -0.25) is 0 Å². The van der Waals surface area contributed by atoms with Crippen LogP contribution in [0.4, 0.5) is 0 Å². The van der Waals surface area contributed by atoms with Crippen molar-refractivity contribution in [1.82, 2.24) is 3.80 Å². The zero-order valence-electron chi connectivity index (χ0n) is 13.6. The van der Waals surface area contributed by atoms with Gasteiger partial charge in [-0.2, -0.15) is 0 Å². The van der Waals surface area contributed by atoms with E-state index in [9.17, 15) is 0 Å². The average Bonchev–Trinajstić information content (AvgIpc) is 2.39. The molecule has 0 saturated heterocycles. The molecule has 0 aliphatic heterocycles. The van der Waals surface area contributed by atoms with Crippen molar-refractivity contribution in [2.45, 2.75) is 70.8 Å². The van der Waals surface area contributed by atoms with Gasteiger partial charge in [-0.15, -0.1) is 0 Å². The molecule has 1 nitrogen and oxygen atoms in total. The zero-order chi connectivity index (χ0) is 14.3. The van der Waals surface area contributed by atoms with Crippen LogP contribution < -0.4 is 3.80 Å². The molecule has 0 aromatic heterocycles. The third kappa shape index (κ3) is 3.27. The molecule has 1 unspecified atom stereocenters. The van der Waals surface area contributed by atoms with E-state index < -0.39 is 16.9 Å². The normalized spacial score (nSPS) is 24.4. The van der Waals surface area contributed by atoms with Crippen LogP contribution in [-0.2, 0) is 16.9 Å². The van der Waals surface area contributed by atoms with E-state index in [1.807, 2.05) is 0 Å². The number of rotatable bonds is 2. The van der Waals surface area contributed by atoms with Crippen LogP contribution in [-0.4, -0.2) is 11.7 Å². The fourth-order valence-corrected chi connectivity index (χ4v) is 15.7. The van der Waals surface area contributed by atoms with Gasteiger partial charge in [0.2, 0.25) is 0 Å². The summed E-state index contributed by atoms with van der Waals surface area (Å²) < 4.78 is 4.40. The molecule has 1 N–H and O–H groups in total. The Bertz CT molecular complexity index is 448. The second kappa shape index (κ2) is 5.40. The summed E-state index contributed by atoms with van der Waals surface area (Å²) in [4.78, 5) is 0. The van der Waals surface area contributed by atoms with Gasteiger partial charge in [0, 0.05) is 0 Å². The fraction of sp³-hybridized carbons (Fsp3) is 0.733. The van der Waals surface area contributed by atoms with E-state index in [-0.39, 0.29) is 11.7 Å². The van der Waals surface area contributed by atoms with Gasteiger partial charge in [0.25, 0.3) is 0 Å². The molecule has 1 aliphatic rings. The predicted molar refractivity (Wildman–Crippen MR) is 80.9 cm³/mol. The number of hydrogen-bond acceptors (Lipinski definition) is 1. The molecule has 0 heterocycles. The van der Waals surface area contributed by atoms with E-state index in [1.165, 1.54) is 11.1 Å². The Labute approximate surface area is 120 Å². The summed E-state index contributed by atoms with van der Waals surface area (Å²) in [6.07, 6.45) is 2.31. The number of hydrogen-bond donors (Lipinski definition) is 1. The van der Waals surface area contributed by atoms with Crippen LogP contribution in [0.1, 0.15) is 48.5 Å².